The summed E-state index contributed by atoms with van der Waals surface area (Å²) in [6.07, 6.45) is 5.93. The van der Waals surface area contributed by atoms with Crippen molar-refractivity contribution in [2.45, 2.75) is 6.61 Å². The predicted octanol–water partition coefficient (Wildman–Crippen LogP) is 4.54. The van der Waals surface area contributed by atoms with Crippen molar-refractivity contribution >= 4 is 17.7 Å². The van der Waals surface area contributed by atoms with Crippen molar-refractivity contribution in [3.05, 3.63) is 100 Å². The first kappa shape index (κ1) is 18.8. The number of ether oxygens (including phenoxy) is 2. The second-order valence-electron chi connectivity index (χ2n) is 5.69. The van der Waals surface area contributed by atoms with Crippen molar-refractivity contribution in [2.75, 3.05) is 0 Å². The van der Waals surface area contributed by atoms with Crippen molar-refractivity contribution in [2.24, 2.45) is 0 Å². The molecule has 0 atom stereocenters. The van der Waals surface area contributed by atoms with Crippen molar-refractivity contribution in [1.29, 1.82) is 0 Å². The number of non-ortho nitro benzene ring substituents is 1. The molecule has 0 fully saturated rings. The molecule has 0 spiro atoms. The van der Waals surface area contributed by atoms with Crippen LogP contribution in [0, 0.1) is 10.1 Å². The minimum absolute atomic E-state index is 0.0224. The molecular weight excluding hydrogens is 360 g/mol. The van der Waals surface area contributed by atoms with E-state index in [-0.39, 0.29) is 12.3 Å². The fourth-order valence-corrected chi connectivity index (χ4v) is 2.36. The molecule has 0 radical (unpaired) electrons. The van der Waals surface area contributed by atoms with Crippen molar-refractivity contribution in [3.63, 3.8) is 0 Å². The van der Waals surface area contributed by atoms with Gasteiger partial charge in [0.2, 0.25) is 0 Å². The number of hydrogen-bond acceptors (Lipinski definition) is 6. The third kappa shape index (κ3) is 5.25. The normalized spacial score (nSPS) is 10.6. The van der Waals surface area contributed by atoms with Gasteiger partial charge in [0.1, 0.15) is 18.1 Å². The number of aromatic nitrogens is 1. The predicted molar refractivity (Wildman–Crippen MR) is 103 cm³/mol. The van der Waals surface area contributed by atoms with Crippen LogP contribution in [0.5, 0.6) is 11.5 Å². The van der Waals surface area contributed by atoms with Crippen LogP contribution in [0.3, 0.4) is 0 Å². The van der Waals surface area contributed by atoms with E-state index in [0.29, 0.717) is 22.6 Å². The Labute approximate surface area is 161 Å². The van der Waals surface area contributed by atoms with E-state index in [1.807, 2.05) is 12.1 Å². The van der Waals surface area contributed by atoms with Gasteiger partial charge in [-0.2, -0.15) is 0 Å². The zero-order chi connectivity index (χ0) is 19.8. The monoisotopic (exact) mass is 376 g/mol. The van der Waals surface area contributed by atoms with Gasteiger partial charge in [-0.05, 0) is 29.8 Å². The molecule has 0 amide bonds. The molecule has 28 heavy (non-hydrogen) atoms. The summed E-state index contributed by atoms with van der Waals surface area (Å²) in [6, 6.07) is 16.7. The summed E-state index contributed by atoms with van der Waals surface area (Å²) in [5.41, 5.74) is 1.19. The average Bonchev–Trinajstić information content (AvgIpc) is 2.72. The van der Waals surface area contributed by atoms with Crippen LogP contribution in [0.25, 0.3) is 6.08 Å². The number of para-hydroxylation sites is 1. The Balaban J connectivity index is 1.62. The summed E-state index contributed by atoms with van der Waals surface area (Å²) in [6.45, 7) is 0.0224. The fourth-order valence-electron chi connectivity index (χ4n) is 2.36. The Morgan fingerprint density at radius 3 is 2.75 bits per heavy atom. The van der Waals surface area contributed by atoms with Crippen LogP contribution >= 0.6 is 0 Å². The highest BCUT2D eigenvalue weighted by Crippen LogP contribution is 2.25. The third-order valence-electron chi connectivity index (χ3n) is 3.70. The van der Waals surface area contributed by atoms with Crippen LogP contribution in [-0.4, -0.2) is 15.9 Å². The molecule has 2 aromatic carbocycles. The van der Waals surface area contributed by atoms with Crippen LogP contribution in [-0.2, 0) is 16.1 Å². The van der Waals surface area contributed by atoms with Gasteiger partial charge in [0.25, 0.3) is 5.69 Å². The highest BCUT2D eigenvalue weighted by molar-refractivity contribution is 5.87. The van der Waals surface area contributed by atoms with Crippen LogP contribution in [0.1, 0.15) is 11.1 Å². The maximum atomic E-state index is 12.0. The van der Waals surface area contributed by atoms with Gasteiger partial charge in [0.05, 0.1) is 11.1 Å². The number of carbonyl (C=O) groups is 1. The zero-order valence-electron chi connectivity index (χ0n) is 14.7. The molecule has 3 rings (SSSR count). The summed E-state index contributed by atoms with van der Waals surface area (Å²) < 4.78 is 11.0. The van der Waals surface area contributed by atoms with E-state index in [9.17, 15) is 14.9 Å². The van der Waals surface area contributed by atoms with E-state index < -0.39 is 10.9 Å². The first-order valence-corrected chi connectivity index (χ1v) is 8.37. The molecule has 0 aliphatic heterocycles. The number of benzene rings is 2. The second kappa shape index (κ2) is 9.09. The molecule has 1 aromatic heterocycles. The number of nitro groups is 1. The fraction of sp³-hybridized carbons (Fsp3) is 0.0476. The highest BCUT2D eigenvalue weighted by Gasteiger charge is 2.08. The number of carbonyl (C=O) groups excluding carboxylic acids is 1. The average molecular weight is 376 g/mol. The number of pyridine rings is 1. The lowest BCUT2D eigenvalue weighted by Crippen LogP contribution is -2.02. The number of esters is 1. The lowest BCUT2D eigenvalue weighted by molar-refractivity contribution is -0.384. The Kier molecular flexibility index (Phi) is 6.10. The van der Waals surface area contributed by atoms with Gasteiger partial charge in [0.15, 0.2) is 0 Å². The van der Waals surface area contributed by atoms with E-state index in [1.54, 1.807) is 48.8 Å². The van der Waals surface area contributed by atoms with Crippen LogP contribution in [0.2, 0.25) is 0 Å². The van der Waals surface area contributed by atoms with Crippen LogP contribution in [0.4, 0.5) is 5.69 Å². The summed E-state index contributed by atoms with van der Waals surface area (Å²) in [5.74, 6) is 0.570. The van der Waals surface area contributed by atoms with E-state index in [4.69, 9.17) is 9.47 Å². The van der Waals surface area contributed by atoms with Gasteiger partial charge < -0.3 is 9.47 Å². The molecule has 0 aliphatic carbocycles. The first-order chi connectivity index (χ1) is 13.6. The molecule has 0 aliphatic rings. The minimum Gasteiger partial charge on any atom is -0.458 e. The van der Waals surface area contributed by atoms with Crippen molar-refractivity contribution in [3.8, 4) is 11.5 Å². The maximum absolute atomic E-state index is 12.0. The van der Waals surface area contributed by atoms with Gasteiger partial charge in [0, 0.05) is 30.0 Å². The summed E-state index contributed by atoms with van der Waals surface area (Å²) in [4.78, 5) is 26.3. The standard InChI is InChI=1S/C21H16N2O5/c24-21(11-10-16-5-3-7-18(13-16)23(25)26)27-15-17-6-1-2-9-20(17)28-19-8-4-12-22-14-19/h1-14H,15H2/b11-10+. The molecule has 7 nitrogen and oxygen atoms in total. The van der Waals surface area contributed by atoms with Crippen LogP contribution in [0.15, 0.2) is 79.1 Å². The van der Waals surface area contributed by atoms with E-state index in [1.165, 1.54) is 24.3 Å². The SMILES string of the molecule is O=C(/C=C/c1cccc([N+](=O)[O-])c1)OCc1ccccc1Oc1cccnc1. The van der Waals surface area contributed by atoms with Crippen molar-refractivity contribution in [1.82, 2.24) is 4.98 Å². The molecule has 7 heteroatoms. The minimum atomic E-state index is -0.567. The largest absolute Gasteiger partial charge is 0.458 e. The van der Waals surface area contributed by atoms with E-state index >= 15 is 0 Å². The van der Waals surface area contributed by atoms with Gasteiger partial charge in [-0.25, -0.2) is 4.79 Å². The molecule has 0 unspecified atom stereocenters. The van der Waals surface area contributed by atoms with Gasteiger partial charge in [-0.15, -0.1) is 0 Å². The first-order valence-electron chi connectivity index (χ1n) is 8.37. The van der Waals surface area contributed by atoms with Crippen LogP contribution < -0.4 is 4.74 Å². The Morgan fingerprint density at radius 2 is 1.96 bits per heavy atom. The van der Waals surface area contributed by atoms with Gasteiger partial charge >= 0.3 is 5.97 Å². The van der Waals surface area contributed by atoms with Gasteiger partial charge in [-0.1, -0.05) is 30.3 Å². The van der Waals surface area contributed by atoms with E-state index in [2.05, 4.69) is 4.98 Å². The molecule has 1 heterocycles. The third-order valence-corrected chi connectivity index (χ3v) is 3.70. The molecule has 0 N–H and O–H groups in total. The molecule has 3 aromatic rings. The number of rotatable bonds is 7. The maximum Gasteiger partial charge on any atom is 0.331 e. The number of nitro benzene ring substituents is 1. The molecule has 0 bridgehead atoms. The lowest BCUT2D eigenvalue weighted by Gasteiger charge is -2.10. The quantitative estimate of drug-likeness (QED) is 0.260. The molecule has 0 saturated carbocycles. The topological polar surface area (TPSA) is 91.6 Å². The number of nitrogens with zero attached hydrogens (tertiary/aromatic N) is 2. The highest BCUT2D eigenvalue weighted by atomic mass is 16.6. The Bertz CT molecular complexity index is 1000. The Morgan fingerprint density at radius 1 is 1.11 bits per heavy atom. The lowest BCUT2D eigenvalue weighted by atomic mass is 10.2. The molecule has 140 valence electrons. The summed E-state index contributed by atoms with van der Waals surface area (Å²) in [7, 11) is 0. The smallest absolute Gasteiger partial charge is 0.331 e. The van der Waals surface area contributed by atoms with Gasteiger partial charge in [-0.3, -0.25) is 15.1 Å². The molecule has 0 saturated heterocycles. The van der Waals surface area contributed by atoms with E-state index in [0.717, 1.165) is 0 Å². The summed E-state index contributed by atoms with van der Waals surface area (Å²) >= 11 is 0. The second-order valence-corrected chi connectivity index (χ2v) is 5.69. The molecular formula is C21H16N2O5. The van der Waals surface area contributed by atoms with Crippen molar-refractivity contribution < 1.29 is 19.2 Å². The summed E-state index contributed by atoms with van der Waals surface area (Å²) in [5, 5.41) is 10.8. The number of hydrogen-bond donors (Lipinski definition) is 0. The zero-order valence-corrected chi connectivity index (χ0v) is 14.7. The Hall–Kier alpha value is -4.00.